The first-order valence-electron chi connectivity index (χ1n) is 6.36. The highest BCUT2D eigenvalue weighted by Crippen LogP contribution is 2.20. The van der Waals surface area contributed by atoms with Gasteiger partial charge in [0.05, 0.1) is 0 Å². The number of phenolic OH excluding ortho intramolecular Hbond substituents is 1. The maximum Gasteiger partial charge on any atom is 0.124 e. The van der Waals surface area contributed by atoms with Crippen LogP contribution in [-0.2, 0) is 5.75 Å². The van der Waals surface area contributed by atoms with Crippen LogP contribution in [0.25, 0.3) is 0 Å². The van der Waals surface area contributed by atoms with E-state index in [1.165, 1.54) is 0 Å². The normalized spacial score (nSPS) is 11.1. The number of thioether (sulfide) groups is 1. The highest BCUT2D eigenvalue weighted by molar-refractivity contribution is 7.98. The van der Waals surface area contributed by atoms with Gasteiger partial charge in [-0.15, -0.1) is 0 Å². The van der Waals surface area contributed by atoms with Crippen LogP contribution < -0.4 is 0 Å². The molecule has 0 amide bonds. The molecule has 0 atom stereocenters. The molecule has 0 aliphatic rings. The van der Waals surface area contributed by atoms with Crippen LogP contribution >= 0.6 is 23.4 Å². The molecule has 0 unspecified atom stereocenters. The van der Waals surface area contributed by atoms with Gasteiger partial charge in [-0.2, -0.15) is 11.8 Å². The highest BCUT2D eigenvalue weighted by Gasteiger charge is 1.98. The summed E-state index contributed by atoms with van der Waals surface area (Å²) in [6, 6.07) is 15.1. The number of aliphatic imine (C=N–C) groups is 1. The Morgan fingerprint density at radius 2 is 1.85 bits per heavy atom. The second-order valence-electron chi connectivity index (χ2n) is 4.24. The first-order valence-corrected chi connectivity index (χ1v) is 7.89. The third-order valence-electron chi connectivity index (χ3n) is 2.75. The first-order chi connectivity index (χ1) is 9.77. The second-order valence-corrected chi connectivity index (χ2v) is 5.75. The molecule has 2 aromatic carbocycles. The van der Waals surface area contributed by atoms with Crippen LogP contribution in [0.3, 0.4) is 0 Å². The summed E-state index contributed by atoms with van der Waals surface area (Å²) in [5.41, 5.74) is 1.91. The third-order valence-corrected chi connectivity index (χ3v) is 4.10. The standard InChI is InChI=1S/C16H16ClNOS/c17-15-7-3-1-6-14(15)12-20-10-9-18-11-13-5-2-4-8-16(13)19/h1-8,11,19H,9-10,12H2. The zero-order valence-corrected chi connectivity index (χ0v) is 12.6. The Morgan fingerprint density at radius 1 is 1.10 bits per heavy atom. The number of hydrogen-bond donors (Lipinski definition) is 1. The van der Waals surface area contributed by atoms with Crippen molar-refractivity contribution in [2.24, 2.45) is 4.99 Å². The average Bonchev–Trinajstić information content (AvgIpc) is 2.46. The molecule has 1 N–H and O–H groups in total. The van der Waals surface area contributed by atoms with Gasteiger partial charge in [0.25, 0.3) is 0 Å². The topological polar surface area (TPSA) is 32.6 Å². The summed E-state index contributed by atoms with van der Waals surface area (Å²) < 4.78 is 0. The van der Waals surface area contributed by atoms with Crippen molar-refractivity contribution in [3.63, 3.8) is 0 Å². The van der Waals surface area contributed by atoms with Crippen molar-refractivity contribution in [1.29, 1.82) is 0 Å². The lowest BCUT2D eigenvalue weighted by Gasteiger charge is -2.02. The van der Waals surface area contributed by atoms with Crippen molar-refractivity contribution in [2.45, 2.75) is 5.75 Å². The molecule has 0 aromatic heterocycles. The molecule has 20 heavy (non-hydrogen) atoms. The summed E-state index contributed by atoms with van der Waals surface area (Å²) >= 11 is 7.89. The first kappa shape index (κ1) is 14.9. The molecule has 0 saturated carbocycles. The largest absolute Gasteiger partial charge is 0.507 e. The van der Waals surface area contributed by atoms with Crippen LogP contribution in [0.1, 0.15) is 11.1 Å². The molecule has 2 aromatic rings. The second kappa shape index (κ2) is 7.98. The summed E-state index contributed by atoms with van der Waals surface area (Å²) in [5.74, 6) is 2.08. The number of benzene rings is 2. The van der Waals surface area contributed by atoms with Crippen LogP contribution in [0, 0.1) is 0 Å². The fourth-order valence-electron chi connectivity index (χ4n) is 1.67. The smallest absolute Gasteiger partial charge is 0.124 e. The van der Waals surface area contributed by atoms with Gasteiger partial charge in [0.1, 0.15) is 5.75 Å². The number of para-hydroxylation sites is 1. The van der Waals surface area contributed by atoms with E-state index in [-0.39, 0.29) is 5.75 Å². The molecule has 2 nitrogen and oxygen atoms in total. The predicted octanol–water partition coefficient (Wildman–Crippen LogP) is 4.40. The van der Waals surface area contributed by atoms with E-state index in [4.69, 9.17) is 11.6 Å². The fourth-order valence-corrected chi connectivity index (χ4v) is 2.81. The third kappa shape index (κ3) is 4.58. The minimum atomic E-state index is 0.264. The van der Waals surface area contributed by atoms with E-state index in [0.717, 1.165) is 34.2 Å². The van der Waals surface area contributed by atoms with Crippen LogP contribution in [0.2, 0.25) is 5.02 Å². The Hall–Kier alpha value is -1.45. The van der Waals surface area contributed by atoms with E-state index in [0.29, 0.717) is 0 Å². The summed E-state index contributed by atoms with van der Waals surface area (Å²) in [6.07, 6.45) is 1.71. The Bertz CT molecular complexity index is 586. The van der Waals surface area contributed by atoms with E-state index >= 15 is 0 Å². The van der Waals surface area contributed by atoms with Crippen LogP contribution in [-0.4, -0.2) is 23.6 Å². The maximum absolute atomic E-state index is 9.58. The van der Waals surface area contributed by atoms with Gasteiger partial charge in [0.2, 0.25) is 0 Å². The Balaban J connectivity index is 1.72. The van der Waals surface area contributed by atoms with E-state index in [2.05, 4.69) is 4.99 Å². The van der Waals surface area contributed by atoms with Gasteiger partial charge in [0.15, 0.2) is 0 Å². The van der Waals surface area contributed by atoms with Gasteiger partial charge in [-0.05, 0) is 23.8 Å². The van der Waals surface area contributed by atoms with E-state index in [1.807, 2.05) is 36.4 Å². The van der Waals surface area contributed by atoms with E-state index in [9.17, 15) is 5.11 Å². The quantitative estimate of drug-likeness (QED) is 0.634. The van der Waals surface area contributed by atoms with Crippen molar-refractivity contribution >= 4 is 29.6 Å². The molecule has 0 heterocycles. The van der Waals surface area contributed by atoms with Crippen molar-refractivity contribution in [3.05, 3.63) is 64.7 Å². The summed E-state index contributed by atoms with van der Waals surface area (Å²) in [4.78, 5) is 4.32. The maximum atomic E-state index is 9.58. The van der Waals surface area contributed by atoms with Gasteiger partial charge >= 0.3 is 0 Å². The highest BCUT2D eigenvalue weighted by atomic mass is 35.5. The number of halogens is 1. The summed E-state index contributed by atoms with van der Waals surface area (Å²) in [5, 5.41) is 10.4. The monoisotopic (exact) mass is 305 g/mol. The minimum Gasteiger partial charge on any atom is -0.507 e. The van der Waals surface area contributed by atoms with Gasteiger partial charge in [-0.25, -0.2) is 0 Å². The van der Waals surface area contributed by atoms with Crippen molar-refractivity contribution in [3.8, 4) is 5.75 Å². The Kier molecular flexibility index (Phi) is 5.96. The fraction of sp³-hybridized carbons (Fsp3) is 0.188. The summed E-state index contributed by atoms with van der Waals surface area (Å²) in [7, 11) is 0. The molecular weight excluding hydrogens is 290 g/mol. The Morgan fingerprint density at radius 3 is 2.65 bits per heavy atom. The lowest BCUT2D eigenvalue weighted by atomic mass is 10.2. The van der Waals surface area contributed by atoms with E-state index < -0.39 is 0 Å². The lowest BCUT2D eigenvalue weighted by molar-refractivity contribution is 0.474. The zero-order chi connectivity index (χ0) is 14.2. The van der Waals surface area contributed by atoms with E-state index in [1.54, 1.807) is 30.1 Å². The molecule has 0 spiro atoms. The molecule has 0 aliphatic carbocycles. The summed E-state index contributed by atoms with van der Waals surface area (Å²) in [6.45, 7) is 0.726. The molecule has 0 saturated heterocycles. The van der Waals surface area contributed by atoms with Crippen LogP contribution in [0.5, 0.6) is 5.75 Å². The number of nitrogens with zero attached hydrogens (tertiary/aromatic N) is 1. The van der Waals surface area contributed by atoms with Gasteiger partial charge in [0, 0.05) is 34.9 Å². The van der Waals surface area contributed by atoms with Crippen LogP contribution in [0.4, 0.5) is 0 Å². The average molecular weight is 306 g/mol. The zero-order valence-electron chi connectivity index (χ0n) is 11.0. The molecular formula is C16H16ClNOS. The van der Waals surface area contributed by atoms with Crippen molar-refractivity contribution in [1.82, 2.24) is 0 Å². The van der Waals surface area contributed by atoms with Gasteiger partial charge in [-0.1, -0.05) is 41.9 Å². The molecule has 0 radical (unpaired) electrons. The SMILES string of the molecule is Oc1ccccc1C=NCCSCc1ccccc1Cl. The number of phenols is 1. The Labute approximate surface area is 128 Å². The minimum absolute atomic E-state index is 0.264. The molecule has 0 bridgehead atoms. The lowest BCUT2D eigenvalue weighted by Crippen LogP contribution is -1.90. The van der Waals surface area contributed by atoms with Gasteiger partial charge < -0.3 is 5.11 Å². The number of hydrogen-bond acceptors (Lipinski definition) is 3. The molecule has 104 valence electrons. The number of aromatic hydroxyl groups is 1. The molecule has 0 aliphatic heterocycles. The molecule has 0 fully saturated rings. The molecule has 2 rings (SSSR count). The van der Waals surface area contributed by atoms with Gasteiger partial charge in [-0.3, -0.25) is 4.99 Å². The molecule has 4 heteroatoms. The number of rotatable bonds is 6. The predicted molar refractivity (Wildman–Crippen MR) is 88.2 cm³/mol. The van der Waals surface area contributed by atoms with Crippen LogP contribution in [0.15, 0.2) is 53.5 Å². The van der Waals surface area contributed by atoms with Crippen molar-refractivity contribution in [2.75, 3.05) is 12.3 Å². The van der Waals surface area contributed by atoms with Crippen molar-refractivity contribution < 1.29 is 5.11 Å².